The number of piperazine rings is 1. The summed E-state index contributed by atoms with van der Waals surface area (Å²) < 4.78 is 0. The van der Waals surface area contributed by atoms with Gasteiger partial charge in [0.2, 0.25) is 0 Å². The van der Waals surface area contributed by atoms with E-state index >= 15 is 0 Å². The van der Waals surface area contributed by atoms with Gasteiger partial charge in [0.1, 0.15) is 0 Å². The van der Waals surface area contributed by atoms with E-state index in [2.05, 4.69) is 24.5 Å². The van der Waals surface area contributed by atoms with Crippen molar-refractivity contribution in [1.82, 2.24) is 15.5 Å². The molecule has 0 aromatic rings. The molecule has 1 saturated carbocycles. The second-order valence-electron chi connectivity index (χ2n) is 5.54. The van der Waals surface area contributed by atoms with Crippen LogP contribution in [0, 0.1) is 11.8 Å². The first kappa shape index (κ1) is 13.3. The molecule has 0 spiro atoms. The van der Waals surface area contributed by atoms with Crippen molar-refractivity contribution in [2.75, 3.05) is 26.2 Å². The maximum absolute atomic E-state index is 12.0. The van der Waals surface area contributed by atoms with E-state index in [-0.39, 0.29) is 11.9 Å². The monoisotopic (exact) mass is 253 g/mol. The molecule has 0 aromatic carbocycles. The van der Waals surface area contributed by atoms with Gasteiger partial charge >= 0.3 is 11.8 Å². The van der Waals surface area contributed by atoms with E-state index in [1.807, 2.05) is 0 Å². The van der Waals surface area contributed by atoms with Gasteiger partial charge in [-0.2, -0.15) is 0 Å². The lowest BCUT2D eigenvalue weighted by atomic mass is 9.98. The molecule has 1 aliphatic carbocycles. The molecule has 2 fully saturated rings. The van der Waals surface area contributed by atoms with E-state index in [0.29, 0.717) is 24.9 Å². The van der Waals surface area contributed by atoms with Crippen LogP contribution in [0.5, 0.6) is 0 Å². The number of rotatable bonds is 1. The summed E-state index contributed by atoms with van der Waals surface area (Å²) in [6, 6.07) is 0.166. The zero-order valence-corrected chi connectivity index (χ0v) is 11.2. The molecule has 2 rings (SSSR count). The fourth-order valence-electron chi connectivity index (χ4n) is 2.81. The van der Waals surface area contributed by atoms with Crippen molar-refractivity contribution >= 4 is 11.8 Å². The predicted molar refractivity (Wildman–Crippen MR) is 68.9 cm³/mol. The van der Waals surface area contributed by atoms with Crippen LogP contribution < -0.4 is 10.6 Å². The Balaban J connectivity index is 1.85. The van der Waals surface area contributed by atoms with Crippen LogP contribution >= 0.6 is 0 Å². The Kier molecular flexibility index (Phi) is 4.22. The van der Waals surface area contributed by atoms with Gasteiger partial charge in [-0.25, -0.2) is 0 Å². The lowest BCUT2D eigenvalue weighted by Crippen LogP contribution is -2.53. The zero-order chi connectivity index (χ0) is 13.1. The molecule has 1 heterocycles. The molecule has 5 heteroatoms. The molecule has 3 atom stereocenters. The number of hydrogen-bond acceptors (Lipinski definition) is 3. The SMILES string of the molecule is CC1CCC(NC(=O)C(=O)N2CCNCC2)C1C. The van der Waals surface area contributed by atoms with E-state index in [0.717, 1.165) is 25.9 Å². The summed E-state index contributed by atoms with van der Waals surface area (Å²) in [5.74, 6) is 0.292. The molecule has 18 heavy (non-hydrogen) atoms. The molecule has 0 radical (unpaired) electrons. The summed E-state index contributed by atoms with van der Waals surface area (Å²) in [6.45, 7) is 7.16. The van der Waals surface area contributed by atoms with Crippen LogP contribution in [0.1, 0.15) is 26.7 Å². The Hall–Kier alpha value is -1.10. The van der Waals surface area contributed by atoms with Crippen LogP contribution in [-0.2, 0) is 9.59 Å². The number of nitrogens with zero attached hydrogens (tertiary/aromatic N) is 1. The molecule has 2 amide bonds. The van der Waals surface area contributed by atoms with Gasteiger partial charge in [-0.05, 0) is 24.7 Å². The normalized spacial score (nSPS) is 32.3. The van der Waals surface area contributed by atoms with Crippen LogP contribution in [0.3, 0.4) is 0 Å². The Bertz CT molecular complexity index is 326. The van der Waals surface area contributed by atoms with Gasteiger partial charge < -0.3 is 15.5 Å². The Morgan fingerprint density at radius 2 is 1.83 bits per heavy atom. The highest BCUT2D eigenvalue weighted by Crippen LogP contribution is 2.30. The topological polar surface area (TPSA) is 61.4 Å². The minimum Gasteiger partial charge on any atom is -0.345 e. The maximum atomic E-state index is 12.0. The lowest BCUT2D eigenvalue weighted by molar-refractivity contribution is -0.146. The summed E-state index contributed by atoms with van der Waals surface area (Å²) in [5, 5.41) is 6.07. The summed E-state index contributed by atoms with van der Waals surface area (Å²) in [5.41, 5.74) is 0. The van der Waals surface area contributed by atoms with Crippen molar-refractivity contribution in [2.24, 2.45) is 11.8 Å². The molecular formula is C13H23N3O2. The standard InChI is InChI=1S/C13H23N3O2/c1-9-3-4-11(10(9)2)15-12(17)13(18)16-7-5-14-6-8-16/h9-11,14H,3-8H2,1-2H3,(H,15,17). The van der Waals surface area contributed by atoms with Crippen LogP contribution in [0.15, 0.2) is 0 Å². The largest absolute Gasteiger partial charge is 0.345 e. The summed E-state index contributed by atoms with van der Waals surface area (Å²) in [6.07, 6.45) is 2.12. The maximum Gasteiger partial charge on any atom is 0.311 e. The van der Waals surface area contributed by atoms with Gasteiger partial charge in [0, 0.05) is 32.2 Å². The first-order valence-electron chi connectivity index (χ1n) is 6.90. The van der Waals surface area contributed by atoms with Crippen LogP contribution in [0.2, 0.25) is 0 Å². The minimum atomic E-state index is -0.428. The second kappa shape index (κ2) is 5.69. The van der Waals surface area contributed by atoms with Crippen molar-refractivity contribution in [1.29, 1.82) is 0 Å². The fourth-order valence-corrected chi connectivity index (χ4v) is 2.81. The highest BCUT2D eigenvalue weighted by molar-refractivity contribution is 6.35. The molecule has 3 unspecified atom stereocenters. The molecule has 5 nitrogen and oxygen atoms in total. The van der Waals surface area contributed by atoms with Crippen molar-refractivity contribution in [2.45, 2.75) is 32.7 Å². The van der Waals surface area contributed by atoms with E-state index in [9.17, 15) is 9.59 Å². The molecule has 1 aliphatic heterocycles. The first-order valence-corrected chi connectivity index (χ1v) is 6.90. The predicted octanol–water partition coefficient (Wildman–Crippen LogP) is -0.0310. The smallest absolute Gasteiger partial charge is 0.311 e. The number of amides is 2. The number of nitrogens with one attached hydrogen (secondary N) is 2. The highest BCUT2D eigenvalue weighted by Gasteiger charge is 2.33. The second-order valence-corrected chi connectivity index (χ2v) is 5.54. The summed E-state index contributed by atoms with van der Waals surface area (Å²) in [7, 11) is 0. The molecule has 2 N–H and O–H groups in total. The van der Waals surface area contributed by atoms with E-state index in [4.69, 9.17) is 0 Å². The van der Waals surface area contributed by atoms with Gasteiger partial charge in [-0.1, -0.05) is 13.8 Å². The third-order valence-electron chi connectivity index (χ3n) is 4.38. The number of carbonyl (C=O) groups is 2. The number of hydrogen-bond donors (Lipinski definition) is 2. The summed E-state index contributed by atoms with van der Waals surface area (Å²) in [4.78, 5) is 25.5. The van der Waals surface area contributed by atoms with E-state index in [1.54, 1.807) is 4.90 Å². The van der Waals surface area contributed by atoms with Crippen LogP contribution in [0.25, 0.3) is 0 Å². The molecule has 102 valence electrons. The quantitative estimate of drug-likeness (QED) is 0.645. The average Bonchev–Trinajstić information content (AvgIpc) is 2.71. The Morgan fingerprint density at radius 3 is 2.39 bits per heavy atom. The minimum absolute atomic E-state index is 0.166. The van der Waals surface area contributed by atoms with Gasteiger partial charge in [-0.3, -0.25) is 9.59 Å². The van der Waals surface area contributed by atoms with Crippen molar-refractivity contribution < 1.29 is 9.59 Å². The molecule has 2 aliphatic rings. The van der Waals surface area contributed by atoms with Crippen molar-refractivity contribution in [3.63, 3.8) is 0 Å². The van der Waals surface area contributed by atoms with Crippen molar-refractivity contribution in [3.05, 3.63) is 0 Å². The van der Waals surface area contributed by atoms with Gasteiger partial charge in [0.15, 0.2) is 0 Å². The molecule has 0 aromatic heterocycles. The molecule has 0 bridgehead atoms. The summed E-state index contributed by atoms with van der Waals surface area (Å²) >= 11 is 0. The van der Waals surface area contributed by atoms with Gasteiger partial charge in [0.25, 0.3) is 0 Å². The fraction of sp³-hybridized carbons (Fsp3) is 0.846. The third-order valence-corrected chi connectivity index (χ3v) is 4.38. The zero-order valence-electron chi connectivity index (χ0n) is 11.2. The van der Waals surface area contributed by atoms with Crippen LogP contribution in [-0.4, -0.2) is 48.9 Å². The Morgan fingerprint density at radius 1 is 1.17 bits per heavy atom. The molecule has 1 saturated heterocycles. The van der Waals surface area contributed by atoms with Gasteiger partial charge in [-0.15, -0.1) is 0 Å². The Labute approximate surface area is 108 Å². The average molecular weight is 253 g/mol. The first-order chi connectivity index (χ1) is 8.59. The highest BCUT2D eigenvalue weighted by atomic mass is 16.2. The lowest BCUT2D eigenvalue weighted by Gasteiger charge is -2.28. The van der Waals surface area contributed by atoms with E-state index in [1.165, 1.54) is 0 Å². The van der Waals surface area contributed by atoms with Crippen LogP contribution in [0.4, 0.5) is 0 Å². The van der Waals surface area contributed by atoms with E-state index < -0.39 is 5.91 Å². The van der Waals surface area contributed by atoms with Gasteiger partial charge in [0.05, 0.1) is 0 Å². The van der Waals surface area contributed by atoms with Crippen molar-refractivity contribution in [3.8, 4) is 0 Å². The third kappa shape index (κ3) is 2.83. The number of carbonyl (C=O) groups excluding carboxylic acids is 2. The molecular weight excluding hydrogens is 230 g/mol.